The molecule has 0 saturated heterocycles. The minimum absolute atomic E-state index is 0.136. The van der Waals surface area contributed by atoms with Crippen LogP contribution in [0.4, 0.5) is 11.5 Å². The third-order valence-electron chi connectivity index (χ3n) is 3.49. The highest BCUT2D eigenvalue weighted by atomic mass is 32.1. The number of nitrogens with two attached hydrogens (primary N) is 1. The topological polar surface area (TPSA) is 63.8 Å². The van der Waals surface area contributed by atoms with Crippen LogP contribution < -0.4 is 11.1 Å². The summed E-state index contributed by atoms with van der Waals surface area (Å²) in [5.41, 5.74) is 7.77. The summed E-state index contributed by atoms with van der Waals surface area (Å²) in [5.74, 6) is 0.880. The van der Waals surface area contributed by atoms with Crippen LogP contribution in [-0.2, 0) is 6.42 Å². The highest BCUT2D eigenvalue weighted by Gasteiger charge is 2.11. The summed E-state index contributed by atoms with van der Waals surface area (Å²) < 4.78 is 0. The Morgan fingerprint density at radius 3 is 2.90 bits per heavy atom. The number of benzene rings is 1. The Morgan fingerprint density at radius 2 is 2.14 bits per heavy atom. The van der Waals surface area contributed by atoms with Gasteiger partial charge in [-0.1, -0.05) is 19.1 Å². The zero-order valence-electron chi connectivity index (χ0n) is 12.1. The molecule has 2 heterocycles. The number of fused-ring (bicyclic) bond motifs is 1. The number of nitrogens with zero attached hydrogens (tertiary/aromatic N) is 2. The van der Waals surface area contributed by atoms with Crippen molar-refractivity contribution in [1.82, 2.24) is 9.97 Å². The average molecular weight is 298 g/mol. The second-order valence-corrected chi connectivity index (χ2v) is 6.16. The minimum Gasteiger partial charge on any atom is -0.399 e. The normalized spacial score (nSPS) is 12.5. The number of anilines is 2. The zero-order valence-corrected chi connectivity index (χ0v) is 12.9. The van der Waals surface area contributed by atoms with E-state index in [0.29, 0.717) is 0 Å². The molecule has 3 N–H and O–H groups in total. The van der Waals surface area contributed by atoms with Crippen molar-refractivity contribution in [2.75, 3.05) is 11.1 Å². The van der Waals surface area contributed by atoms with Crippen LogP contribution in [0.25, 0.3) is 10.2 Å². The van der Waals surface area contributed by atoms with E-state index in [1.54, 1.807) is 17.7 Å². The molecule has 2 aromatic heterocycles. The van der Waals surface area contributed by atoms with Gasteiger partial charge >= 0.3 is 0 Å². The number of rotatable bonds is 4. The van der Waals surface area contributed by atoms with Crippen molar-refractivity contribution in [2.24, 2.45) is 0 Å². The van der Waals surface area contributed by atoms with Crippen LogP contribution in [0, 0.1) is 0 Å². The van der Waals surface area contributed by atoms with Crippen molar-refractivity contribution in [1.29, 1.82) is 0 Å². The van der Waals surface area contributed by atoms with E-state index < -0.39 is 0 Å². The summed E-state index contributed by atoms with van der Waals surface area (Å²) in [6.45, 7) is 4.26. The largest absolute Gasteiger partial charge is 0.399 e. The molecule has 3 rings (SSSR count). The number of aryl methyl sites for hydroxylation is 1. The molecule has 108 valence electrons. The molecule has 0 fully saturated rings. The molecule has 0 amide bonds. The number of hydrogen-bond acceptors (Lipinski definition) is 5. The molecule has 4 nitrogen and oxygen atoms in total. The van der Waals surface area contributed by atoms with Crippen molar-refractivity contribution in [3.8, 4) is 0 Å². The first-order valence-electron chi connectivity index (χ1n) is 7.02. The number of nitrogens with one attached hydrogen (secondary N) is 1. The van der Waals surface area contributed by atoms with E-state index in [1.165, 1.54) is 4.88 Å². The standard InChI is InChI=1S/C16H18N4S/c1-3-13-8-14-15(18-9-19-16(14)21-13)20-10(2)11-5-4-6-12(17)7-11/h4-10H,3,17H2,1-2H3,(H,18,19,20). The van der Waals surface area contributed by atoms with Crippen LogP contribution in [0.1, 0.15) is 30.3 Å². The number of aromatic nitrogens is 2. The first-order chi connectivity index (χ1) is 10.2. The molecule has 0 spiro atoms. The highest BCUT2D eigenvalue weighted by molar-refractivity contribution is 7.18. The molecule has 1 atom stereocenters. The maximum Gasteiger partial charge on any atom is 0.138 e. The summed E-state index contributed by atoms with van der Waals surface area (Å²) in [4.78, 5) is 11.1. The summed E-state index contributed by atoms with van der Waals surface area (Å²) in [6.07, 6.45) is 2.64. The molecule has 0 aliphatic rings. The van der Waals surface area contributed by atoms with E-state index >= 15 is 0 Å². The fourth-order valence-corrected chi connectivity index (χ4v) is 3.25. The zero-order chi connectivity index (χ0) is 14.8. The van der Waals surface area contributed by atoms with Crippen LogP contribution in [0.15, 0.2) is 36.7 Å². The van der Waals surface area contributed by atoms with E-state index in [0.717, 1.165) is 33.7 Å². The quantitative estimate of drug-likeness (QED) is 0.714. The first-order valence-corrected chi connectivity index (χ1v) is 7.84. The summed E-state index contributed by atoms with van der Waals surface area (Å²) in [6, 6.07) is 10.2. The van der Waals surface area contributed by atoms with Gasteiger partial charge in [0.2, 0.25) is 0 Å². The van der Waals surface area contributed by atoms with Crippen molar-refractivity contribution < 1.29 is 0 Å². The van der Waals surface area contributed by atoms with Crippen molar-refractivity contribution in [3.63, 3.8) is 0 Å². The van der Waals surface area contributed by atoms with E-state index in [9.17, 15) is 0 Å². The van der Waals surface area contributed by atoms with Gasteiger partial charge in [-0.2, -0.15) is 0 Å². The summed E-state index contributed by atoms with van der Waals surface area (Å²) >= 11 is 1.73. The fourth-order valence-electron chi connectivity index (χ4n) is 2.31. The number of nitrogen functional groups attached to an aromatic ring is 1. The SMILES string of the molecule is CCc1cc2c(NC(C)c3cccc(N)c3)ncnc2s1. The first kappa shape index (κ1) is 13.8. The molecule has 0 aliphatic carbocycles. The van der Waals surface area contributed by atoms with Crippen molar-refractivity contribution in [3.05, 3.63) is 47.1 Å². The predicted octanol–water partition coefficient (Wildman–Crippen LogP) is 4.01. The Labute approximate surface area is 128 Å². The van der Waals surface area contributed by atoms with E-state index in [4.69, 9.17) is 5.73 Å². The van der Waals surface area contributed by atoms with Gasteiger partial charge in [0.25, 0.3) is 0 Å². The molecule has 21 heavy (non-hydrogen) atoms. The molecule has 0 saturated carbocycles. The fraction of sp³-hybridized carbons (Fsp3) is 0.250. The molecule has 0 aliphatic heterocycles. The van der Waals surface area contributed by atoms with E-state index in [1.807, 2.05) is 18.2 Å². The van der Waals surface area contributed by atoms with E-state index in [-0.39, 0.29) is 6.04 Å². The minimum atomic E-state index is 0.136. The molecule has 1 unspecified atom stereocenters. The van der Waals surface area contributed by atoms with Gasteiger partial charge in [-0.15, -0.1) is 11.3 Å². The number of thiophene rings is 1. The maximum absolute atomic E-state index is 5.85. The maximum atomic E-state index is 5.85. The lowest BCUT2D eigenvalue weighted by Gasteiger charge is -2.15. The van der Waals surface area contributed by atoms with Gasteiger partial charge in [0.15, 0.2) is 0 Å². The molecule has 0 bridgehead atoms. The van der Waals surface area contributed by atoms with Gasteiger partial charge in [-0.25, -0.2) is 9.97 Å². The van der Waals surface area contributed by atoms with Crippen molar-refractivity contribution >= 4 is 33.1 Å². The van der Waals surface area contributed by atoms with Crippen LogP contribution in [0.3, 0.4) is 0 Å². The Hall–Kier alpha value is -2.14. The smallest absolute Gasteiger partial charge is 0.138 e. The van der Waals surface area contributed by atoms with Gasteiger partial charge in [0.1, 0.15) is 17.0 Å². The van der Waals surface area contributed by atoms with Crippen molar-refractivity contribution in [2.45, 2.75) is 26.3 Å². The van der Waals surface area contributed by atoms with Crippen LogP contribution in [0.5, 0.6) is 0 Å². The van der Waals surface area contributed by atoms with Crippen LogP contribution in [-0.4, -0.2) is 9.97 Å². The second-order valence-electron chi connectivity index (χ2n) is 5.04. The lowest BCUT2D eigenvalue weighted by atomic mass is 10.1. The Morgan fingerprint density at radius 1 is 1.29 bits per heavy atom. The van der Waals surface area contributed by atoms with Gasteiger partial charge in [-0.05, 0) is 37.1 Å². The highest BCUT2D eigenvalue weighted by Crippen LogP contribution is 2.30. The van der Waals surface area contributed by atoms with Gasteiger partial charge in [0.05, 0.1) is 11.4 Å². The van der Waals surface area contributed by atoms with Gasteiger partial charge in [-0.3, -0.25) is 0 Å². The lowest BCUT2D eigenvalue weighted by Crippen LogP contribution is -2.08. The molecular formula is C16H18N4S. The number of hydrogen-bond donors (Lipinski definition) is 2. The molecule has 1 aromatic carbocycles. The average Bonchev–Trinajstić information content (AvgIpc) is 2.91. The summed E-state index contributed by atoms with van der Waals surface area (Å²) in [7, 11) is 0. The lowest BCUT2D eigenvalue weighted by molar-refractivity contribution is 0.876. The van der Waals surface area contributed by atoms with Gasteiger partial charge in [0, 0.05) is 10.6 Å². The van der Waals surface area contributed by atoms with E-state index in [2.05, 4.69) is 41.3 Å². The monoisotopic (exact) mass is 298 g/mol. The summed E-state index contributed by atoms with van der Waals surface area (Å²) in [5, 5.41) is 4.56. The predicted molar refractivity (Wildman–Crippen MR) is 89.7 cm³/mol. The van der Waals surface area contributed by atoms with Crippen LogP contribution >= 0.6 is 11.3 Å². The van der Waals surface area contributed by atoms with Crippen LogP contribution in [0.2, 0.25) is 0 Å². The molecule has 5 heteroatoms. The Kier molecular flexibility index (Phi) is 3.75. The van der Waals surface area contributed by atoms with Gasteiger partial charge < -0.3 is 11.1 Å². The Bertz CT molecular complexity index is 766. The third-order valence-corrected chi connectivity index (χ3v) is 4.68. The Balaban J connectivity index is 1.92. The second kappa shape index (κ2) is 5.69. The third kappa shape index (κ3) is 2.83. The molecule has 3 aromatic rings. The molecule has 0 radical (unpaired) electrons. The molecular weight excluding hydrogens is 280 g/mol.